The molecule has 1 heterocycles. The quantitative estimate of drug-likeness (QED) is 0.861. The van der Waals surface area contributed by atoms with Gasteiger partial charge in [0.15, 0.2) is 0 Å². The predicted molar refractivity (Wildman–Crippen MR) is 72.3 cm³/mol. The summed E-state index contributed by atoms with van der Waals surface area (Å²) < 4.78 is 0. The van der Waals surface area contributed by atoms with Crippen LogP contribution in [0.25, 0.3) is 0 Å². The molecule has 2 nitrogen and oxygen atoms in total. The van der Waals surface area contributed by atoms with Crippen LogP contribution in [0.1, 0.15) is 31.7 Å². The molecule has 0 aromatic heterocycles. The first kappa shape index (κ1) is 11.1. The van der Waals surface area contributed by atoms with Crippen LogP contribution in [-0.4, -0.2) is 18.6 Å². The summed E-state index contributed by atoms with van der Waals surface area (Å²) in [6.45, 7) is 4.24. The van der Waals surface area contributed by atoms with Gasteiger partial charge in [-0.1, -0.05) is 31.0 Å². The Bertz CT molecular complexity index is 411. The molecule has 0 radical (unpaired) electrons. The zero-order valence-corrected chi connectivity index (χ0v) is 10.7. The third-order valence-electron chi connectivity index (χ3n) is 4.40. The Kier molecular flexibility index (Phi) is 2.62. The van der Waals surface area contributed by atoms with Crippen molar-refractivity contribution in [3.63, 3.8) is 0 Å². The lowest BCUT2D eigenvalue weighted by atomic mass is 9.92. The minimum absolute atomic E-state index is 0.160. The van der Waals surface area contributed by atoms with Gasteiger partial charge in [0.1, 0.15) is 0 Å². The number of fused-ring (bicyclic) bond motifs is 1. The van der Waals surface area contributed by atoms with Gasteiger partial charge in [-0.25, -0.2) is 0 Å². The van der Waals surface area contributed by atoms with Crippen molar-refractivity contribution >= 4 is 5.69 Å². The van der Waals surface area contributed by atoms with Crippen LogP contribution < -0.4 is 10.6 Å². The van der Waals surface area contributed by atoms with Crippen molar-refractivity contribution in [3.8, 4) is 0 Å². The van der Waals surface area contributed by atoms with Crippen LogP contribution in [0.3, 0.4) is 0 Å². The summed E-state index contributed by atoms with van der Waals surface area (Å²) >= 11 is 0. The molecule has 1 aromatic carbocycles. The Morgan fingerprint density at radius 1 is 1.35 bits per heavy atom. The van der Waals surface area contributed by atoms with E-state index in [4.69, 9.17) is 5.73 Å². The first-order valence-corrected chi connectivity index (χ1v) is 6.78. The monoisotopic (exact) mass is 230 g/mol. The third kappa shape index (κ3) is 1.95. The van der Waals surface area contributed by atoms with E-state index in [9.17, 15) is 0 Å². The van der Waals surface area contributed by atoms with Gasteiger partial charge >= 0.3 is 0 Å². The van der Waals surface area contributed by atoms with Gasteiger partial charge < -0.3 is 10.6 Å². The maximum absolute atomic E-state index is 6.08. The maximum Gasteiger partial charge on any atom is 0.0499 e. The normalized spacial score (nSPS) is 22.4. The van der Waals surface area contributed by atoms with Gasteiger partial charge in [-0.05, 0) is 37.3 Å². The summed E-state index contributed by atoms with van der Waals surface area (Å²) in [7, 11) is 0. The fourth-order valence-corrected chi connectivity index (χ4v) is 3.15. The number of rotatable bonds is 4. The molecule has 3 rings (SSSR count). The van der Waals surface area contributed by atoms with Crippen LogP contribution in [-0.2, 0) is 6.42 Å². The second-order valence-electron chi connectivity index (χ2n) is 5.88. The molecule has 1 saturated carbocycles. The van der Waals surface area contributed by atoms with Crippen molar-refractivity contribution in [3.05, 3.63) is 29.8 Å². The average molecular weight is 230 g/mol. The van der Waals surface area contributed by atoms with E-state index in [1.165, 1.54) is 36.9 Å². The van der Waals surface area contributed by atoms with Crippen LogP contribution in [0.5, 0.6) is 0 Å². The minimum atomic E-state index is 0.160. The lowest BCUT2D eigenvalue weighted by molar-refractivity contribution is 0.386. The average Bonchev–Trinajstić information content (AvgIpc) is 3.05. The Morgan fingerprint density at radius 2 is 2.12 bits per heavy atom. The van der Waals surface area contributed by atoms with Gasteiger partial charge in [-0.2, -0.15) is 0 Å². The van der Waals surface area contributed by atoms with Crippen LogP contribution in [0, 0.1) is 5.92 Å². The van der Waals surface area contributed by atoms with E-state index in [1.807, 2.05) is 0 Å². The topological polar surface area (TPSA) is 29.3 Å². The number of hydrogen-bond donors (Lipinski definition) is 1. The zero-order valence-electron chi connectivity index (χ0n) is 10.7. The van der Waals surface area contributed by atoms with E-state index in [-0.39, 0.29) is 5.54 Å². The molecular weight excluding hydrogens is 208 g/mol. The molecule has 17 heavy (non-hydrogen) atoms. The zero-order chi connectivity index (χ0) is 11.9. The number of para-hydroxylation sites is 1. The van der Waals surface area contributed by atoms with Crippen LogP contribution in [0.15, 0.2) is 24.3 Å². The molecule has 2 aliphatic rings. The van der Waals surface area contributed by atoms with Crippen molar-refractivity contribution in [2.75, 3.05) is 18.0 Å². The third-order valence-corrected chi connectivity index (χ3v) is 4.40. The van der Waals surface area contributed by atoms with E-state index >= 15 is 0 Å². The lowest BCUT2D eigenvalue weighted by Crippen LogP contribution is -2.51. The van der Waals surface area contributed by atoms with E-state index in [2.05, 4.69) is 36.1 Å². The molecule has 1 aromatic rings. The fraction of sp³-hybridized carbons (Fsp3) is 0.600. The fourth-order valence-electron chi connectivity index (χ4n) is 3.15. The van der Waals surface area contributed by atoms with Gasteiger partial charge in [0.25, 0.3) is 0 Å². The number of nitrogens with two attached hydrogens (primary N) is 1. The van der Waals surface area contributed by atoms with Crippen LogP contribution in [0.2, 0.25) is 0 Å². The van der Waals surface area contributed by atoms with Crippen LogP contribution in [0.4, 0.5) is 5.69 Å². The number of benzene rings is 1. The number of hydrogen-bond acceptors (Lipinski definition) is 2. The van der Waals surface area contributed by atoms with Gasteiger partial charge in [0.05, 0.1) is 0 Å². The standard InChI is InChI=1S/C15H22N2/c1-15(11-16,10-12-6-7-12)17-9-8-13-4-2-3-5-14(13)17/h2-5,12H,6-11,16H2,1H3. The molecule has 2 heteroatoms. The minimum Gasteiger partial charge on any atom is -0.364 e. The Hall–Kier alpha value is -1.02. The summed E-state index contributed by atoms with van der Waals surface area (Å²) in [6, 6.07) is 8.79. The molecule has 2 N–H and O–H groups in total. The molecule has 0 saturated heterocycles. The number of nitrogens with zero attached hydrogens (tertiary/aromatic N) is 1. The SMILES string of the molecule is CC(CN)(CC1CC1)N1CCc2ccccc21. The van der Waals surface area contributed by atoms with Crippen LogP contribution >= 0.6 is 0 Å². The first-order valence-electron chi connectivity index (χ1n) is 6.78. The second kappa shape index (κ2) is 4.02. The largest absolute Gasteiger partial charge is 0.364 e. The summed E-state index contributed by atoms with van der Waals surface area (Å²) in [6.07, 6.45) is 5.25. The number of anilines is 1. The maximum atomic E-state index is 6.08. The molecule has 0 amide bonds. The second-order valence-corrected chi connectivity index (χ2v) is 5.88. The summed E-state index contributed by atoms with van der Waals surface area (Å²) in [4.78, 5) is 2.56. The van der Waals surface area contributed by atoms with Gasteiger partial charge in [-0.15, -0.1) is 0 Å². The Labute approximate surface area is 104 Å². The predicted octanol–water partition coefficient (Wildman–Crippen LogP) is 2.57. The summed E-state index contributed by atoms with van der Waals surface area (Å²) in [5.41, 5.74) is 9.15. The molecule has 0 bridgehead atoms. The van der Waals surface area contributed by atoms with Gasteiger partial charge in [0, 0.05) is 24.3 Å². The van der Waals surface area contributed by atoms with Crippen molar-refractivity contribution in [2.24, 2.45) is 11.7 Å². The van der Waals surface area contributed by atoms with E-state index in [0.717, 1.165) is 19.0 Å². The molecule has 1 atom stereocenters. The highest BCUT2D eigenvalue weighted by atomic mass is 15.2. The Balaban J connectivity index is 1.87. The van der Waals surface area contributed by atoms with Crippen molar-refractivity contribution in [1.82, 2.24) is 0 Å². The molecule has 1 fully saturated rings. The Morgan fingerprint density at radius 3 is 2.82 bits per heavy atom. The van der Waals surface area contributed by atoms with E-state index in [1.54, 1.807) is 0 Å². The van der Waals surface area contributed by atoms with E-state index < -0.39 is 0 Å². The summed E-state index contributed by atoms with van der Waals surface area (Å²) in [5.74, 6) is 0.927. The van der Waals surface area contributed by atoms with Crippen molar-refractivity contribution in [1.29, 1.82) is 0 Å². The molecule has 0 spiro atoms. The highest BCUT2D eigenvalue weighted by Gasteiger charge is 2.39. The highest BCUT2D eigenvalue weighted by molar-refractivity contribution is 5.59. The van der Waals surface area contributed by atoms with E-state index in [0.29, 0.717) is 0 Å². The highest BCUT2D eigenvalue weighted by Crippen LogP contribution is 2.42. The molecule has 1 aliphatic carbocycles. The molecule has 1 aliphatic heterocycles. The van der Waals surface area contributed by atoms with Crippen molar-refractivity contribution in [2.45, 2.75) is 38.1 Å². The van der Waals surface area contributed by atoms with Gasteiger partial charge in [-0.3, -0.25) is 0 Å². The molecule has 92 valence electrons. The first-order chi connectivity index (χ1) is 8.23. The lowest BCUT2D eigenvalue weighted by Gasteiger charge is -2.40. The molecular formula is C15H22N2. The molecule has 1 unspecified atom stereocenters. The van der Waals surface area contributed by atoms with Gasteiger partial charge in [0.2, 0.25) is 0 Å². The smallest absolute Gasteiger partial charge is 0.0499 e. The van der Waals surface area contributed by atoms with Crippen molar-refractivity contribution < 1.29 is 0 Å². The summed E-state index contributed by atoms with van der Waals surface area (Å²) in [5, 5.41) is 0.